The maximum atomic E-state index is 13.3. The van der Waals surface area contributed by atoms with E-state index in [0.717, 1.165) is 0 Å². The number of imidazole rings is 1. The Morgan fingerprint density at radius 2 is 1.51 bits per heavy atom. The van der Waals surface area contributed by atoms with Gasteiger partial charge in [-0.2, -0.15) is 0 Å². The van der Waals surface area contributed by atoms with Gasteiger partial charge in [0.15, 0.2) is 0 Å². The number of carboxylic acids is 2. The molecule has 2 aromatic rings. The predicted molar refractivity (Wildman–Crippen MR) is 131 cm³/mol. The lowest BCUT2D eigenvalue weighted by molar-refractivity contribution is -0.143. The predicted octanol–water partition coefficient (Wildman–Crippen LogP) is -0.808. The number of nitrogens with zero attached hydrogens (tertiary/aromatic N) is 1. The summed E-state index contributed by atoms with van der Waals surface area (Å²) in [5.41, 5.74) is 6.85. The SMILES string of the molecule is CC(C)C(NC(=O)C(Cc1cnc[nH]1)NC(=O)C(Cc1ccccc1)NC(=O)C(N)CC(=O)O)C(=O)O. The number of aliphatic carboxylic acids is 2. The van der Waals surface area contributed by atoms with E-state index in [0.29, 0.717) is 11.3 Å². The zero-order chi connectivity index (χ0) is 27.5. The van der Waals surface area contributed by atoms with E-state index in [-0.39, 0.29) is 12.8 Å². The highest BCUT2D eigenvalue weighted by Gasteiger charge is 2.32. The molecule has 13 heteroatoms. The average molecular weight is 517 g/mol. The van der Waals surface area contributed by atoms with Crippen LogP contribution in [0.15, 0.2) is 42.9 Å². The molecular formula is C24H32N6O7. The Morgan fingerprint density at radius 3 is 2.05 bits per heavy atom. The number of carboxylic acid groups (broad SMARTS) is 2. The normalized spacial score (nSPS) is 14.2. The second-order valence-electron chi connectivity index (χ2n) is 8.87. The maximum absolute atomic E-state index is 13.3. The lowest BCUT2D eigenvalue weighted by Gasteiger charge is -2.26. The minimum Gasteiger partial charge on any atom is -0.481 e. The number of nitrogens with one attached hydrogen (secondary N) is 4. The van der Waals surface area contributed by atoms with Crippen molar-refractivity contribution in [1.82, 2.24) is 25.9 Å². The summed E-state index contributed by atoms with van der Waals surface area (Å²) < 4.78 is 0. The molecule has 0 saturated heterocycles. The molecule has 0 radical (unpaired) electrons. The molecule has 200 valence electrons. The Bertz CT molecular complexity index is 1070. The van der Waals surface area contributed by atoms with Crippen molar-refractivity contribution in [3.05, 3.63) is 54.1 Å². The smallest absolute Gasteiger partial charge is 0.326 e. The molecule has 0 aliphatic rings. The van der Waals surface area contributed by atoms with Crippen molar-refractivity contribution in [2.45, 2.75) is 57.3 Å². The van der Waals surface area contributed by atoms with Crippen molar-refractivity contribution in [2.24, 2.45) is 11.7 Å². The minimum absolute atomic E-state index is 0.0281. The van der Waals surface area contributed by atoms with E-state index in [9.17, 15) is 29.1 Å². The summed E-state index contributed by atoms with van der Waals surface area (Å²) >= 11 is 0. The summed E-state index contributed by atoms with van der Waals surface area (Å²) in [6, 6.07) is 3.74. The van der Waals surface area contributed by atoms with Gasteiger partial charge in [-0.25, -0.2) is 9.78 Å². The number of hydrogen-bond acceptors (Lipinski definition) is 7. The summed E-state index contributed by atoms with van der Waals surface area (Å²) in [4.78, 5) is 68.2. The molecule has 0 spiro atoms. The topological polar surface area (TPSA) is 217 Å². The van der Waals surface area contributed by atoms with E-state index < -0.39 is 66.2 Å². The third kappa shape index (κ3) is 9.37. The molecule has 0 fully saturated rings. The zero-order valence-corrected chi connectivity index (χ0v) is 20.5. The highest BCUT2D eigenvalue weighted by atomic mass is 16.4. The van der Waals surface area contributed by atoms with Gasteiger partial charge in [-0.1, -0.05) is 44.2 Å². The fourth-order valence-corrected chi connectivity index (χ4v) is 3.48. The van der Waals surface area contributed by atoms with Crippen molar-refractivity contribution < 1.29 is 34.2 Å². The quantitative estimate of drug-likeness (QED) is 0.167. The molecule has 4 unspecified atom stereocenters. The van der Waals surface area contributed by atoms with Crippen molar-refractivity contribution in [2.75, 3.05) is 0 Å². The van der Waals surface area contributed by atoms with Crippen LogP contribution in [0.1, 0.15) is 31.5 Å². The molecule has 13 nitrogen and oxygen atoms in total. The summed E-state index contributed by atoms with van der Waals surface area (Å²) in [5, 5.41) is 25.9. The Balaban J connectivity index is 2.27. The standard InChI is InChI=1S/C24H32N6O7/c1-13(2)20(24(36)37)30-23(35)18(9-15-11-26-12-27-15)29-22(34)17(8-14-6-4-3-5-7-14)28-21(33)16(25)10-19(31)32/h3-7,11-13,16-18,20H,8-10,25H2,1-2H3,(H,26,27)(H,28,33)(H,29,34)(H,30,35)(H,31,32)(H,36,37). The Labute approximate surface area is 213 Å². The highest BCUT2D eigenvalue weighted by Crippen LogP contribution is 2.08. The molecule has 37 heavy (non-hydrogen) atoms. The molecule has 0 bridgehead atoms. The van der Waals surface area contributed by atoms with Crippen LogP contribution in [-0.4, -0.2) is 74.0 Å². The number of rotatable bonds is 14. The zero-order valence-electron chi connectivity index (χ0n) is 20.5. The van der Waals surface area contributed by atoms with Gasteiger partial charge in [-0.3, -0.25) is 19.2 Å². The van der Waals surface area contributed by atoms with Crippen LogP contribution in [0.4, 0.5) is 0 Å². The van der Waals surface area contributed by atoms with Gasteiger partial charge in [-0.15, -0.1) is 0 Å². The summed E-state index contributed by atoms with van der Waals surface area (Å²) in [7, 11) is 0. The first kappa shape index (κ1) is 29.0. The first-order valence-electron chi connectivity index (χ1n) is 11.6. The first-order valence-corrected chi connectivity index (χ1v) is 11.6. The second kappa shape index (κ2) is 13.7. The van der Waals surface area contributed by atoms with E-state index in [1.807, 2.05) is 0 Å². The van der Waals surface area contributed by atoms with Gasteiger partial charge in [0.2, 0.25) is 17.7 Å². The van der Waals surface area contributed by atoms with Crippen LogP contribution >= 0.6 is 0 Å². The number of amides is 3. The number of carbonyl (C=O) groups is 5. The molecule has 0 aliphatic carbocycles. The largest absolute Gasteiger partial charge is 0.481 e. The van der Waals surface area contributed by atoms with Crippen LogP contribution in [0, 0.1) is 5.92 Å². The van der Waals surface area contributed by atoms with Gasteiger partial charge in [0.25, 0.3) is 0 Å². The monoisotopic (exact) mass is 516 g/mol. The number of aromatic amines is 1. The van der Waals surface area contributed by atoms with Gasteiger partial charge in [-0.05, 0) is 11.5 Å². The fourth-order valence-electron chi connectivity index (χ4n) is 3.48. The number of benzene rings is 1. The highest BCUT2D eigenvalue weighted by molar-refractivity contribution is 5.95. The summed E-state index contributed by atoms with van der Waals surface area (Å²) in [6.45, 7) is 3.26. The molecule has 3 amide bonds. The van der Waals surface area contributed by atoms with Crippen molar-refractivity contribution in [1.29, 1.82) is 0 Å². The summed E-state index contributed by atoms with van der Waals surface area (Å²) in [5.74, 6) is -5.26. The number of aromatic nitrogens is 2. The van der Waals surface area contributed by atoms with Gasteiger partial charge in [0.1, 0.15) is 18.1 Å². The molecule has 2 rings (SSSR count). The van der Waals surface area contributed by atoms with Crippen LogP contribution in [-0.2, 0) is 36.8 Å². The van der Waals surface area contributed by atoms with Crippen molar-refractivity contribution in [3.8, 4) is 0 Å². The molecule has 8 N–H and O–H groups in total. The van der Waals surface area contributed by atoms with Crippen LogP contribution in [0.2, 0.25) is 0 Å². The van der Waals surface area contributed by atoms with Crippen LogP contribution in [0.25, 0.3) is 0 Å². The third-order valence-corrected chi connectivity index (χ3v) is 5.49. The fraction of sp³-hybridized carbons (Fsp3) is 0.417. The number of H-pyrrole nitrogens is 1. The molecule has 1 heterocycles. The van der Waals surface area contributed by atoms with E-state index >= 15 is 0 Å². The molecule has 0 saturated carbocycles. The van der Waals surface area contributed by atoms with E-state index in [2.05, 4.69) is 25.9 Å². The number of carbonyl (C=O) groups excluding carboxylic acids is 3. The molecular weight excluding hydrogens is 484 g/mol. The van der Waals surface area contributed by atoms with E-state index in [4.69, 9.17) is 10.8 Å². The lowest BCUT2D eigenvalue weighted by Crippen LogP contribution is -2.58. The minimum atomic E-state index is -1.39. The van der Waals surface area contributed by atoms with Gasteiger partial charge < -0.3 is 36.9 Å². The lowest BCUT2D eigenvalue weighted by atomic mass is 10.0. The van der Waals surface area contributed by atoms with Gasteiger partial charge in [0, 0.05) is 24.7 Å². The van der Waals surface area contributed by atoms with Crippen LogP contribution in [0.5, 0.6) is 0 Å². The van der Waals surface area contributed by atoms with Crippen LogP contribution in [0.3, 0.4) is 0 Å². The van der Waals surface area contributed by atoms with E-state index in [1.165, 1.54) is 12.5 Å². The number of hydrogen-bond donors (Lipinski definition) is 7. The average Bonchev–Trinajstić information content (AvgIpc) is 3.34. The number of nitrogens with two attached hydrogens (primary N) is 1. The van der Waals surface area contributed by atoms with Crippen molar-refractivity contribution >= 4 is 29.7 Å². The Morgan fingerprint density at radius 1 is 0.919 bits per heavy atom. The second-order valence-corrected chi connectivity index (χ2v) is 8.87. The molecule has 0 aliphatic heterocycles. The molecule has 4 atom stereocenters. The molecule has 1 aromatic heterocycles. The van der Waals surface area contributed by atoms with E-state index in [1.54, 1.807) is 44.2 Å². The summed E-state index contributed by atoms with van der Waals surface area (Å²) in [6.07, 6.45) is 2.20. The maximum Gasteiger partial charge on any atom is 0.326 e. The molecule has 1 aromatic carbocycles. The Hall–Kier alpha value is -4.26. The van der Waals surface area contributed by atoms with Gasteiger partial charge >= 0.3 is 11.9 Å². The van der Waals surface area contributed by atoms with Gasteiger partial charge in [0.05, 0.1) is 18.8 Å². The third-order valence-electron chi connectivity index (χ3n) is 5.49. The Kier molecular flexibility index (Phi) is 10.8. The van der Waals surface area contributed by atoms with Crippen LogP contribution < -0.4 is 21.7 Å². The van der Waals surface area contributed by atoms with Crippen molar-refractivity contribution in [3.63, 3.8) is 0 Å². The first-order chi connectivity index (χ1) is 17.5.